The van der Waals surface area contributed by atoms with Crippen molar-refractivity contribution < 1.29 is 9.90 Å². The maximum Gasteiger partial charge on any atom is 0.191 e. The first-order valence-corrected chi connectivity index (χ1v) is 5.73. The van der Waals surface area contributed by atoms with E-state index in [9.17, 15) is 9.90 Å². The van der Waals surface area contributed by atoms with Crippen LogP contribution in [0.4, 0.5) is 0 Å². The van der Waals surface area contributed by atoms with E-state index in [0.29, 0.717) is 5.56 Å². The zero-order chi connectivity index (χ0) is 11.4. The largest absolute Gasteiger partial charge is 0.384 e. The molecular formula is C14H16O2. The summed E-state index contributed by atoms with van der Waals surface area (Å²) in [4.78, 5) is 12.0. The van der Waals surface area contributed by atoms with Crippen molar-refractivity contribution in [2.45, 2.75) is 25.4 Å². The third-order valence-electron chi connectivity index (χ3n) is 3.02. The third kappa shape index (κ3) is 2.39. The van der Waals surface area contributed by atoms with Crippen LogP contribution in [0, 0.1) is 5.92 Å². The minimum atomic E-state index is -0.890. The van der Waals surface area contributed by atoms with E-state index in [2.05, 4.69) is 6.08 Å². The molecule has 1 aliphatic carbocycles. The molecule has 2 heteroatoms. The second kappa shape index (κ2) is 5.08. The Balaban J connectivity index is 2.10. The number of rotatable bonds is 3. The SMILES string of the molecule is O=C(c1ccccc1)C(O)C1C=CCCC1. The van der Waals surface area contributed by atoms with Crippen molar-refractivity contribution in [3.8, 4) is 0 Å². The number of aliphatic hydroxyl groups is 1. The molecule has 2 atom stereocenters. The quantitative estimate of drug-likeness (QED) is 0.623. The number of aliphatic hydroxyl groups excluding tert-OH is 1. The second-order valence-electron chi connectivity index (χ2n) is 4.20. The fraction of sp³-hybridized carbons (Fsp3) is 0.357. The lowest BCUT2D eigenvalue weighted by atomic mass is 9.87. The van der Waals surface area contributed by atoms with Crippen LogP contribution in [0.2, 0.25) is 0 Å². The molecule has 84 valence electrons. The van der Waals surface area contributed by atoms with Gasteiger partial charge in [-0.05, 0) is 19.3 Å². The number of carbonyl (C=O) groups excluding carboxylic acids is 1. The summed E-state index contributed by atoms with van der Waals surface area (Å²) in [5.74, 6) is -0.182. The molecule has 1 aliphatic rings. The molecule has 1 aromatic carbocycles. The van der Waals surface area contributed by atoms with Crippen LogP contribution < -0.4 is 0 Å². The molecular weight excluding hydrogens is 200 g/mol. The minimum Gasteiger partial charge on any atom is -0.384 e. The van der Waals surface area contributed by atoms with Gasteiger partial charge in [-0.3, -0.25) is 4.79 Å². The summed E-state index contributed by atoms with van der Waals surface area (Å²) in [6.45, 7) is 0. The van der Waals surface area contributed by atoms with E-state index in [1.165, 1.54) is 0 Å². The van der Waals surface area contributed by atoms with Gasteiger partial charge in [0, 0.05) is 11.5 Å². The molecule has 0 radical (unpaired) electrons. The average Bonchev–Trinajstić information content (AvgIpc) is 2.39. The first kappa shape index (κ1) is 11.1. The summed E-state index contributed by atoms with van der Waals surface area (Å²) in [5.41, 5.74) is 0.592. The van der Waals surface area contributed by atoms with Crippen molar-refractivity contribution >= 4 is 5.78 Å². The van der Waals surface area contributed by atoms with Crippen molar-refractivity contribution in [1.29, 1.82) is 0 Å². The number of ketones is 1. The Morgan fingerprint density at radius 1 is 1.31 bits per heavy atom. The molecule has 0 bridgehead atoms. The zero-order valence-electron chi connectivity index (χ0n) is 9.17. The highest BCUT2D eigenvalue weighted by Gasteiger charge is 2.25. The molecule has 1 aromatic rings. The van der Waals surface area contributed by atoms with Crippen LogP contribution in [-0.4, -0.2) is 17.0 Å². The normalized spacial score (nSPS) is 21.7. The Kier molecular flexibility index (Phi) is 3.52. The Morgan fingerprint density at radius 2 is 2.06 bits per heavy atom. The molecule has 1 N–H and O–H groups in total. The highest BCUT2D eigenvalue weighted by molar-refractivity contribution is 5.99. The Morgan fingerprint density at radius 3 is 2.69 bits per heavy atom. The van der Waals surface area contributed by atoms with Gasteiger partial charge in [0.2, 0.25) is 0 Å². The van der Waals surface area contributed by atoms with Crippen LogP contribution in [0.5, 0.6) is 0 Å². The van der Waals surface area contributed by atoms with Gasteiger partial charge >= 0.3 is 0 Å². The maximum absolute atomic E-state index is 12.0. The summed E-state index contributed by atoms with van der Waals surface area (Å²) >= 11 is 0. The summed E-state index contributed by atoms with van der Waals surface area (Å²) < 4.78 is 0. The van der Waals surface area contributed by atoms with Crippen LogP contribution in [0.25, 0.3) is 0 Å². The molecule has 16 heavy (non-hydrogen) atoms. The van der Waals surface area contributed by atoms with Crippen molar-refractivity contribution in [3.63, 3.8) is 0 Å². The monoisotopic (exact) mass is 216 g/mol. The van der Waals surface area contributed by atoms with Crippen molar-refractivity contribution in [2.75, 3.05) is 0 Å². The number of benzene rings is 1. The number of allylic oxidation sites excluding steroid dienone is 1. The number of Topliss-reactive ketones (excluding diaryl/α,β-unsaturated/α-hetero) is 1. The van der Waals surface area contributed by atoms with Crippen LogP contribution in [0.3, 0.4) is 0 Å². The third-order valence-corrected chi connectivity index (χ3v) is 3.02. The summed E-state index contributed by atoms with van der Waals surface area (Å²) in [6, 6.07) is 8.99. The van der Waals surface area contributed by atoms with Gasteiger partial charge < -0.3 is 5.11 Å². The van der Waals surface area contributed by atoms with Crippen LogP contribution >= 0.6 is 0 Å². The predicted molar refractivity (Wildman–Crippen MR) is 63.3 cm³/mol. The summed E-state index contributed by atoms with van der Waals surface area (Å²) in [5, 5.41) is 10.00. The molecule has 2 rings (SSSR count). The number of carbonyl (C=O) groups is 1. The standard InChI is InChI=1S/C14H16O2/c15-13(11-7-3-1-4-8-11)14(16)12-9-5-2-6-10-12/h1,3-5,7-9,12,14,16H,2,6,10H2. The molecule has 0 saturated heterocycles. The number of hydrogen-bond donors (Lipinski definition) is 1. The van der Waals surface area contributed by atoms with E-state index >= 15 is 0 Å². The number of hydrogen-bond acceptors (Lipinski definition) is 2. The lowest BCUT2D eigenvalue weighted by Crippen LogP contribution is -2.29. The van der Waals surface area contributed by atoms with Crippen molar-refractivity contribution in [3.05, 3.63) is 48.0 Å². The molecule has 0 aliphatic heterocycles. The van der Waals surface area contributed by atoms with Gasteiger partial charge in [-0.2, -0.15) is 0 Å². The molecule has 0 fully saturated rings. The molecule has 2 unspecified atom stereocenters. The van der Waals surface area contributed by atoms with E-state index in [1.54, 1.807) is 12.1 Å². The summed E-state index contributed by atoms with van der Waals surface area (Å²) in [7, 11) is 0. The van der Waals surface area contributed by atoms with Gasteiger partial charge in [-0.15, -0.1) is 0 Å². The van der Waals surface area contributed by atoms with Gasteiger partial charge in [0.05, 0.1) is 0 Å². The average molecular weight is 216 g/mol. The van der Waals surface area contributed by atoms with Gasteiger partial charge in [0.15, 0.2) is 5.78 Å². The summed E-state index contributed by atoms with van der Waals surface area (Å²) in [6.07, 6.45) is 6.14. The van der Waals surface area contributed by atoms with Crippen molar-refractivity contribution in [2.24, 2.45) is 5.92 Å². The van der Waals surface area contributed by atoms with Crippen molar-refractivity contribution in [1.82, 2.24) is 0 Å². The second-order valence-corrected chi connectivity index (χ2v) is 4.20. The minimum absolute atomic E-state index is 0.0125. The van der Waals surface area contributed by atoms with E-state index in [0.717, 1.165) is 19.3 Å². The van der Waals surface area contributed by atoms with Gasteiger partial charge in [-0.1, -0.05) is 42.5 Å². The first-order valence-electron chi connectivity index (χ1n) is 5.73. The highest BCUT2D eigenvalue weighted by atomic mass is 16.3. The molecule has 0 saturated carbocycles. The fourth-order valence-corrected chi connectivity index (χ4v) is 2.07. The molecule has 0 amide bonds. The molecule has 0 aromatic heterocycles. The van der Waals surface area contributed by atoms with E-state index in [4.69, 9.17) is 0 Å². The smallest absolute Gasteiger partial charge is 0.191 e. The molecule has 2 nitrogen and oxygen atoms in total. The van der Waals surface area contributed by atoms with Crippen LogP contribution in [0.1, 0.15) is 29.6 Å². The Labute approximate surface area is 95.6 Å². The lowest BCUT2D eigenvalue weighted by Gasteiger charge is -2.21. The van der Waals surface area contributed by atoms with E-state index in [-0.39, 0.29) is 11.7 Å². The molecule has 0 heterocycles. The van der Waals surface area contributed by atoms with Crippen LogP contribution in [-0.2, 0) is 0 Å². The fourth-order valence-electron chi connectivity index (χ4n) is 2.07. The van der Waals surface area contributed by atoms with Crippen LogP contribution in [0.15, 0.2) is 42.5 Å². The first-order chi connectivity index (χ1) is 7.79. The lowest BCUT2D eigenvalue weighted by molar-refractivity contribution is 0.0642. The highest BCUT2D eigenvalue weighted by Crippen LogP contribution is 2.22. The predicted octanol–water partition coefficient (Wildman–Crippen LogP) is 2.59. The topological polar surface area (TPSA) is 37.3 Å². The van der Waals surface area contributed by atoms with Gasteiger partial charge in [0.1, 0.15) is 6.10 Å². The van der Waals surface area contributed by atoms with Gasteiger partial charge in [-0.25, -0.2) is 0 Å². The Hall–Kier alpha value is -1.41. The van der Waals surface area contributed by atoms with E-state index < -0.39 is 6.10 Å². The van der Waals surface area contributed by atoms with E-state index in [1.807, 2.05) is 24.3 Å². The zero-order valence-corrected chi connectivity index (χ0v) is 9.17. The molecule has 0 spiro atoms. The maximum atomic E-state index is 12.0. The van der Waals surface area contributed by atoms with Gasteiger partial charge in [0.25, 0.3) is 0 Å². The Bertz CT molecular complexity index is 381.